The average Bonchev–Trinajstić information content (AvgIpc) is 2.28. The molecule has 0 fully saturated rings. The van der Waals surface area contributed by atoms with Crippen molar-refractivity contribution >= 4 is 0 Å². The van der Waals surface area contributed by atoms with E-state index in [4.69, 9.17) is 6.42 Å². The quantitative estimate of drug-likeness (QED) is 0.772. The van der Waals surface area contributed by atoms with Crippen LogP contribution in [0, 0.1) is 18.3 Å². The Kier molecular flexibility index (Phi) is 4.99. The molecule has 0 saturated heterocycles. The van der Waals surface area contributed by atoms with Gasteiger partial charge in [0.25, 0.3) is 0 Å². The van der Waals surface area contributed by atoms with Gasteiger partial charge in [-0.05, 0) is 44.2 Å². The topological polar surface area (TPSA) is 12.0 Å². The summed E-state index contributed by atoms with van der Waals surface area (Å²) in [7, 11) is 0. The fourth-order valence-electron chi connectivity index (χ4n) is 2.08. The molecule has 1 rings (SSSR count). The fraction of sp³-hybridized carbons (Fsp3) is 0.529. The van der Waals surface area contributed by atoms with Gasteiger partial charge in [-0.2, -0.15) is 0 Å². The highest BCUT2D eigenvalue weighted by molar-refractivity contribution is 5.26. The van der Waals surface area contributed by atoms with Crippen molar-refractivity contribution in [1.82, 2.24) is 5.32 Å². The minimum Gasteiger partial charge on any atom is -0.295 e. The predicted octanol–water partition coefficient (Wildman–Crippen LogP) is 3.95. The van der Waals surface area contributed by atoms with Crippen molar-refractivity contribution in [2.75, 3.05) is 0 Å². The Labute approximate surface area is 112 Å². The van der Waals surface area contributed by atoms with Crippen LogP contribution >= 0.6 is 0 Å². The van der Waals surface area contributed by atoms with Gasteiger partial charge in [0.15, 0.2) is 0 Å². The fourth-order valence-corrected chi connectivity index (χ4v) is 2.08. The number of hydrogen-bond acceptors (Lipinski definition) is 1. The highest BCUT2D eigenvalue weighted by atomic mass is 15.0. The third-order valence-electron chi connectivity index (χ3n) is 3.06. The lowest BCUT2D eigenvalue weighted by molar-refractivity contribution is 0.431. The van der Waals surface area contributed by atoms with E-state index in [0.29, 0.717) is 5.92 Å². The molecule has 1 aromatic carbocycles. The molecule has 0 aromatic heterocycles. The second-order valence-electron chi connectivity index (χ2n) is 5.97. The van der Waals surface area contributed by atoms with Crippen molar-refractivity contribution in [2.24, 2.45) is 5.92 Å². The monoisotopic (exact) mass is 243 g/mol. The Morgan fingerprint density at radius 1 is 1.17 bits per heavy atom. The van der Waals surface area contributed by atoms with E-state index in [1.54, 1.807) is 0 Å². The van der Waals surface area contributed by atoms with E-state index < -0.39 is 0 Å². The van der Waals surface area contributed by atoms with Gasteiger partial charge in [-0.25, -0.2) is 0 Å². The summed E-state index contributed by atoms with van der Waals surface area (Å²) in [5, 5.41) is 3.45. The molecule has 0 aliphatic heterocycles. The standard InChI is InChI=1S/C17H25N/c1-7-17(5,6)18-14(4)16-10-8-15(9-11-16)12-13(2)3/h1,8-11,13-14,18H,12H2,2-6H3. The first kappa shape index (κ1) is 14.8. The second kappa shape index (κ2) is 6.07. The first-order valence-electron chi connectivity index (χ1n) is 6.68. The van der Waals surface area contributed by atoms with Crippen molar-refractivity contribution in [2.45, 2.75) is 52.6 Å². The van der Waals surface area contributed by atoms with Gasteiger partial charge in [0.05, 0.1) is 5.54 Å². The summed E-state index contributed by atoms with van der Waals surface area (Å²) >= 11 is 0. The zero-order chi connectivity index (χ0) is 13.8. The molecule has 0 spiro atoms. The molecule has 0 bridgehead atoms. The van der Waals surface area contributed by atoms with Crippen molar-refractivity contribution in [1.29, 1.82) is 0 Å². The van der Waals surface area contributed by atoms with Crippen LogP contribution in [0.25, 0.3) is 0 Å². The van der Waals surface area contributed by atoms with Crippen molar-refractivity contribution < 1.29 is 0 Å². The van der Waals surface area contributed by atoms with Gasteiger partial charge in [-0.3, -0.25) is 5.32 Å². The van der Waals surface area contributed by atoms with Crippen LogP contribution < -0.4 is 5.32 Å². The van der Waals surface area contributed by atoms with Crippen molar-refractivity contribution in [3.05, 3.63) is 35.4 Å². The van der Waals surface area contributed by atoms with Crippen LogP contribution in [0.5, 0.6) is 0 Å². The largest absolute Gasteiger partial charge is 0.295 e. The van der Waals surface area contributed by atoms with E-state index in [1.165, 1.54) is 11.1 Å². The van der Waals surface area contributed by atoms with Gasteiger partial charge >= 0.3 is 0 Å². The molecule has 1 N–H and O–H groups in total. The molecule has 0 radical (unpaired) electrons. The molecule has 0 aliphatic carbocycles. The highest BCUT2D eigenvalue weighted by Crippen LogP contribution is 2.18. The third kappa shape index (κ3) is 4.55. The summed E-state index contributed by atoms with van der Waals surface area (Å²) in [6.07, 6.45) is 6.64. The SMILES string of the molecule is C#CC(C)(C)NC(C)c1ccc(CC(C)C)cc1. The first-order chi connectivity index (χ1) is 8.34. The van der Waals surface area contributed by atoms with E-state index in [9.17, 15) is 0 Å². The summed E-state index contributed by atoms with van der Waals surface area (Å²) in [5.41, 5.74) is 2.42. The molecule has 98 valence electrons. The van der Waals surface area contributed by atoms with Crippen LogP contribution in [0.3, 0.4) is 0 Å². The summed E-state index contributed by atoms with van der Waals surface area (Å²) in [4.78, 5) is 0. The van der Waals surface area contributed by atoms with Gasteiger partial charge in [0, 0.05) is 6.04 Å². The van der Waals surface area contributed by atoms with Gasteiger partial charge in [-0.1, -0.05) is 44.0 Å². The molecule has 0 aliphatic rings. The van der Waals surface area contributed by atoms with E-state index in [0.717, 1.165) is 6.42 Å². The van der Waals surface area contributed by atoms with Crippen molar-refractivity contribution in [3.8, 4) is 12.3 Å². The van der Waals surface area contributed by atoms with E-state index in [-0.39, 0.29) is 11.6 Å². The molecule has 1 aromatic rings. The number of nitrogens with one attached hydrogen (secondary N) is 1. The molecule has 0 amide bonds. The van der Waals surface area contributed by atoms with E-state index >= 15 is 0 Å². The van der Waals surface area contributed by atoms with Gasteiger partial charge in [-0.15, -0.1) is 6.42 Å². The predicted molar refractivity (Wildman–Crippen MR) is 79.4 cm³/mol. The van der Waals surface area contributed by atoms with Crippen LogP contribution in [0.15, 0.2) is 24.3 Å². The van der Waals surface area contributed by atoms with E-state index in [2.05, 4.69) is 56.3 Å². The van der Waals surface area contributed by atoms with Crippen LogP contribution in [0.2, 0.25) is 0 Å². The number of hydrogen-bond donors (Lipinski definition) is 1. The number of benzene rings is 1. The van der Waals surface area contributed by atoms with Crippen LogP contribution in [0.4, 0.5) is 0 Å². The van der Waals surface area contributed by atoms with Gasteiger partial charge in [0.2, 0.25) is 0 Å². The smallest absolute Gasteiger partial charge is 0.0745 e. The van der Waals surface area contributed by atoms with Crippen LogP contribution in [-0.2, 0) is 6.42 Å². The molecular formula is C17H25N. The molecule has 0 heterocycles. The Hall–Kier alpha value is -1.26. The van der Waals surface area contributed by atoms with Crippen LogP contribution in [-0.4, -0.2) is 5.54 Å². The normalized spacial score (nSPS) is 13.4. The highest BCUT2D eigenvalue weighted by Gasteiger charge is 2.17. The summed E-state index contributed by atoms with van der Waals surface area (Å²) in [6.45, 7) is 10.7. The molecular weight excluding hydrogens is 218 g/mol. The lowest BCUT2D eigenvalue weighted by Crippen LogP contribution is -2.39. The lowest BCUT2D eigenvalue weighted by atomic mass is 9.98. The molecule has 1 nitrogen and oxygen atoms in total. The summed E-state index contributed by atoms with van der Waals surface area (Å²) < 4.78 is 0. The maximum atomic E-state index is 5.50. The molecule has 18 heavy (non-hydrogen) atoms. The van der Waals surface area contributed by atoms with Gasteiger partial charge in [0.1, 0.15) is 0 Å². The minimum atomic E-state index is -0.268. The lowest BCUT2D eigenvalue weighted by Gasteiger charge is -2.25. The van der Waals surface area contributed by atoms with E-state index in [1.807, 2.05) is 13.8 Å². The Balaban J connectivity index is 2.71. The zero-order valence-corrected chi connectivity index (χ0v) is 12.2. The molecule has 1 unspecified atom stereocenters. The number of rotatable bonds is 5. The molecule has 0 saturated carbocycles. The van der Waals surface area contributed by atoms with Crippen LogP contribution in [0.1, 0.15) is 51.8 Å². The molecule has 1 atom stereocenters. The number of terminal acetylenes is 1. The average molecular weight is 243 g/mol. The second-order valence-corrected chi connectivity index (χ2v) is 5.97. The Morgan fingerprint density at radius 3 is 2.17 bits per heavy atom. The maximum Gasteiger partial charge on any atom is 0.0745 e. The summed E-state index contributed by atoms with van der Waals surface area (Å²) in [5.74, 6) is 3.47. The first-order valence-corrected chi connectivity index (χ1v) is 6.68. The Bertz CT molecular complexity index is 406. The Morgan fingerprint density at radius 2 is 1.72 bits per heavy atom. The zero-order valence-electron chi connectivity index (χ0n) is 12.2. The minimum absolute atomic E-state index is 0.268. The van der Waals surface area contributed by atoms with Crippen molar-refractivity contribution in [3.63, 3.8) is 0 Å². The molecule has 1 heteroatoms. The summed E-state index contributed by atoms with van der Waals surface area (Å²) in [6, 6.07) is 9.10. The third-order valence-corrected chi connectivity index (χ3v) is 3.06. The van der Waals surface area contributed by atoms with Gasteiger partial charge < -0.3 is 0 Å². The maximum absolute atomic E-state index is 5.50.